The van der Waals surface area contributed by atoms with Gasteiger partial charge in [0.05, 0.1) is 25.1 Å². The van der Waals surface area contributed by atoms with Crippen LogP contribution in [0.2, 0.25) is 0 Å². The number of carbonyl (C=O) groups is 1. The Balaban J connectivity index is 1.69. The summed E-state index contributed by atoms with van der Waals surface area (Å²) in [5.41, 5.74) is 7.90. The van der Waals surface area contributed by atoms with Crippen molar-refractivity contribution < 1.29 is 13.9 Å². The van der Waals surface area contributed by atoms with Crippen LogP contribution in [0.1, 0.15) is 16.9 Å². The molecule has 7 heteroatoms. The molecule has 0 radical (unpaired) electrons. The summed E-state index contributed by atoms with van der Waals surface area (Å²) in [6, 6.07) is 7.77. The lowest BCUT2D eigenvalue weighted by atomic mass is 10.0. The molecular formula is C19H23FN4O2. The van der Waals surface area contributed by atoms with Crippen LogP contribution >= 0.6 is 0 Å². The SMILES string of the molecule is NC(=O)c1cc(-c2ccc(F)cc2)c(NCCCN2CCOCC2)cn1. The third-order valence-electron chi connectivity index (χ3n) is 4.38. The number of ether oxygens (including phenoxy) is 1. The zero-order valence-electron chi connectivity index (χ0n) is 14.6. The van der Waals surface area contributed by atoms with Crippen LogP contribution in [-0.2, 0) is 4.74 Å². The number of amides is 1. The summed E-state index contributed by atoms with van der Waals surface area (Å²) in [6.45, 7) is 5.28. The maximum atomic E-state index is 13.2. The van der Waals surface area contributed by atoms with Gasteiger partial charge in [-0.15, -0.1) is 0 Å². The van der Waals surface area contributed by atoms with Gasteiger partial charge in [-0.1, -0.05) is 12.1 Å². The predicted molar refractivity (Wildman–Crippen MR) is 98.5 cm³/mol. The molecular weight excluding hydrogens is 335 g/mol. The highest BCUT2D eigenvalue weighted by atomic mass is 19.1. The van der Waals surface area contributed by atoms with Crippen molar-refractivity contribution in [2.24, 2.45) is 5.73 Å². The zero-order valence-corrected chi connectivity index (χ0v) is 14.6. The Bertz CT molecular complexity index is 746. The van der Waals surface area contributed by atoms with E-state index in [1.807, 2.05) is 0 Å². The lowest BCUT2D eigenvalue weighted by Gasteiger charge is -2.26. The van der Waals surface area contributed by atoms with Crippen molar-refractivity contribution in [3.05, 3.63) is 48.0 Å². The number of morpholine rings is 1. The molecule has 1 aliphatic rings. The lowest BCUT2D eigenvalue weighted by molar-refractivity contribution is 0.0378. The van der Waals surface area contributed by atoms with E-state index in [2.05, 4.69) is 15.2 Å². The second-order valence-electron chi connectivity index (χ2n) is 6.22. The number of rotatable bonds is 7. The van der Waals surface area contributed by atoms with Gasteiger partial charge in [-0.3, -0.25) is 9.69 Å². The lowest BCUT2D eigenvalue weighted by Crippen LogP contribution is -2.37. The van der Waals surface area contributed by atoms with Crippen molar-refractivity contribution in [2.75, 3.05) is 44.7 Å². The van der Waals surface area contributed by atoms with Crippen molar-refractivity contribution in [1.82, 2.24) is 9.88 Å². The van der Waals surface area contributed by atoms with Gasteiger partial charge >= 0.3 is 0 Å². The normalized spacial score (nSPS) is 15.0. The molecule has 0 bridgehead atoms. The maximum Gasteiger partial charge on any atom is 0.267 e. The minimum absolute atomic E-state index is 0.184. The first kappa shape index (κ1) is 18.3. The Morgan fingerprint density at radius 2 is 2.00 bits per heavy atom. The van der Waals surface area contributed by atoms with Gasteiger partial charge in [-0.05, 0) is 36.7 Å². The fraction of sp³-hybridized carbons (Fsp3) is 0.368. The van der Waals surface area contributed by atoms with Gasteiger partial charge in [-0.2, -0.15) is 0 Å². The summed E-state index contributed by atoms with van der Waals surface area (Å²) in [7, 11) is 0. The number of hydrogen-bond donors (Lipinski definition) is 2. The van der Waals surface area contributed by atoms with E-state index in [1.54, 1.807) is 24.4 Å². The summed E-state index contributed by atoms with van der Waals surface area (Å²) in [6.07, 6.45) is 2.58. The number of aromatic nitrogens is 1. The van der Waals surface area contributed by atoms with Crippen molar-refractivity contribution in [1.29, 1.82) is 0 Å². The first-order valence-corrected chi connectivity index (χ1v) is 8.73. The van der Waals surface area contributed by atoms with E-state index in [0.29, 0.717) is 0 Å². The molecule has 1 fully saturated rings. The molecule has 0 atom stereocenters. The Morgan fingerprint density at radius 3 is 2.69 bits per heavy atom. The fourth-order valence-electron chi connectivity index (χ4n) is 2.95. The molecule has 0 aliphatic carbocycles. The van der Waals surface area contributed by atoms with Crippen LogP contribution in [0.15, 0.2) is 36.5 Å². The quantitative estimate of drug-likeness (QED) is 0.741. The smallest absolute Gasteiger partial charge is 0.267 e. The second-order valence-corrected chi connectivity index (χ2v) is 6.22. The first-order chi connectivity index (χ1) is 12.6. The molecule has 1 amide bonds. The maximum absolute atomic E-state index is 13.2. The zero-order chi connectivity index (χ0) is 18.4. The Labute approximate surface area is 152 Å². The Morgan fingerprint density at radius 1 is 1.27 bits per heavy atom. The first-order valence-electron chi connectivity index (χ1n) is 8.73. The van der Waals surface area contributed by atoms with Gasteiger partial charge in [0.1, 0.15) is 11.5 Å². The van der Waals surface area contributed by atoms with Gasteiger partial charge in [0, 0.05) is 25.2 Å². The van der Waals surface area contributed by atoms with Crippen molar-refractivity contribution in [2.45, 2.75) is 6.42 Å². The van der Waals surface area contributed by atoms with E-state index in [1.165, 1.54) is 12.1 Å². The van der Waals surface area contributed by atoms with E-state index in [4.69, 9.17) is 10.5 Å². The molecule has 26 heavy (non-hydrogen) atoms. The van der Waals surface area contributed by atoms with Crippen LogP contribution < -0.4 is 11.1 Å². The number of nitrogens with one attached hydrogen (secondary N) is 1. The van der Waals surface area contributed by atoms with E-state index in [-0.39, 0.29) is 11.5 Å². The Kier molecular flexibility index (Phi) is 6.14. The number of halogens is 1. The summed E-state index contributed by atoms with van der Waals surface area (Å²) < 4.78 is 18.6. The molecule has 2 aromatic rings. The summed E-state index contributed by atoms with van der Waals surface area (Å²) in [4.78, 5) is 17.9. The largest absolute Gasteiger partial charge is 0.383 e. The van der Waals surface area contributed by atoms with Crippen molar-refractivity contribution in [3.63, 3.8) is 0 Å². The summed E-state index contributed by atoms with van der Waals surface area (Å²) >= 11 is 0. The third-order valence-corrected chi connectivity index (χ3v) is 4.38. The third kappa shape index (κ3) is 4.77. The summed E-state index contributed by atoms with van der Waals surface area (Å²) in [5.74, 6) is -0.898. The molecule has 3 N–H and O–H groups in total. The second kappa shape index (κ2) is 8.73. The molecule has 138 valence electrons. The number of anilines is 1. The molecule has 1 aromatic heterocycles. The Hall–Kier alpha value is -2.51. The molecule has 1 aromatic carbocycles. The number of carbonyl (C=O) groups excluding carboxylic acids is 1. The van der Waals surface area contributed by atoms with Crippen LogP contribution in [0.25, 0.3) is 11.1 Å². The number of benzene rings is 1. The van der Waals surface area contributed by atoms with Gasteiger partial charge in [-0.25, -0.2) is 9.37 Å². The number of primary amides is 1. The molecule has 0 spiro atoms. The standard InChI is InChI=1S/C19H23FN4O2/c20-15-4-2-14(3-5-15)16-12-17(19(21)25)23-13-18(16)22-6-1-7-24-8-10-26-11-9-24/h2-5,12-13,22H,1,6-11H2,(H2,21,25). The fourth-order valence-corrected chi connectivity index (χ4v) is 2.95. The highest BCUT2D eigenvalue weighted by molar-refractivity contribution is 5.93. The average molecular weight is 358 g/mol. The van der Waals surface area contributed by atoms with Gasteiger partial charge < -0.3 is 15.8 Å². The monoisotopic (exact) mass is 358 g/mol. The number of nitrogens with two attached hydrogens (primary N) is 1. The molecule has 0 saturated carbocycles. The van der Waals surface area contributed by atoms with Crippen LogP contribution in [0.5, 0.6) is 0 Å². The van der Waals surface area contributed by atoms with Crippen molar-refractivity contribution >= 4 is 11.6 Å². The molecule has 1 saturated heterocycles. The van der Waals surface area contributed by atoms with Gasteiger partial charge in [0.15, 0.2) is 0 Å². The molecule has 2 heterocycles. The highest BCUT2D eigenvalue weighted by Gasteiger charge is 2.12. The van der Waals surface area contributed by atoms with E-state index >= 15 is 0 Å². The minimum atomic E-state index is -0.591. The number of hydrogen-bond acceptors (Lipinski definition) is 5. The van der Waals surface area contributed by atoms with E-state index in [0.717, 1.165) is 62.6 Å². The highest BCUT2D eigenvalue weighted by Crippen LogP contribution is 2.28. The van der Waals surface area contributed by atoms with E-state index in [9.17, 15) is 9.18 Å². The molecule has 1 aliphatic heterocycles. The van der Waals surface area contributed by atoms with Crippen LogP contribution in [0.4, 0.5) is 10.1 Å². The van der Waals surface area contributed by atoms with E-state index < -0.39 is 5.91 Å². The van der Waals surface area contributed by atoms with Crippen molar-refractivity contribution in [3.8, 4) is 11.1 Å². The van der Waals surface area contributed by atoms with Crippen LogP contribution in [0.3, 0.4) is 0 Å². The molecule has 3 rings (SSSR count). The molecule has 0 unspecified atom stereocenters. The average Bonchev–Trinajstić information content (AvgIpc) is 2.67. The number of pyridine rings is 1. The summed E-state index contributed by atoms with van der Waals surface area (Å²) in [5, 5.41) is 3.37. The number of nitrogens with zero attached hydrogens (tertiary/aromatic N) is 2. The van der Waals surface area contributed by atoms with Gasteiger partial charge in [0.25, 0.3) is 5.91 Å². The minimum Gasteiger partial charge on any atom is -0.383 e. The van der Waals surface area contributed by atoms with Gasteiger partial charge in [0.2, 0.25) is 0 Å². The van der Waals surface area contributed by atoms with Crippen LogP contribution in [-0.4, -0.2) is 55.2 Å². The topological polar surface area (TPSA) is 80.5 Å². The molecule has 6 nitrogen and oxygen atoms in total. The predicted octanol–water partition coefficient (Wildman–Crippen LogP) is 2.12. The van der Waals surface area contributed by atoms with Crippen LogP contribution in [0, 0.1) is 5.82 Å².